The lowest BCUT2D eigenvalue weighted by Gasteiger charge is -2.18. The van der Waals surface area contributed by atoms with Crippen molar-refractivity contribution in [2.24, 2.45) is 0 Å². The molecule has 6 nitrogen and oxygen atoms in total. The van der Waals surface area contributed by atoms with Crippen molar-refractivity contribution in [2.75, 3.05) is 25.1 Å². The zero-order valence-electron chi connectivity index (χ0n) is 14.0. The number of methoxy groups -OCH3 is 1. The van der Waals surface area contributed by atoms with Crippen LogP contribution in [0.25, 0.3) is 17.0 Å². The second-order valence-electron chi connectivity index (χ2n) is 6.08. The van der Waals surface area contributed by atoms with Crippen molar-refractivity contribution >= 4 is 11.5 Å². The molecule has 26 heavy (non-hydrogen) atoms. The minimum absolute atomic E-state index is 0.0815. The van der Waals surface area contributed by atoms with Gasteiger partial charge in [-0.15, -0.1) is 10.2 Å². The van der Waals surface area contributed by atoms with E-state index in [1.54, 1.807) is 16.8 Å². The quantitative estimate of drug-likeness (QED) is 0.714. The summed E-state index contributed by atoms with van der Waals surface area (Å²) in [4.78, 5) is 6.47. The minimum atomic E-state index is -4.44. The number of nitrogens with zero attached hydrogens (tertiary/aromatic N) is 5. The standard InChI is InChI=1S/C17H16F3N5O/c1-26-13-10-11(17(18,19)20)4-5-12(13)14-22-23-16(24-7-2-3-8-24)15-21-6-9-25(14)15/h4-6,9-10H,2-3,7-8H2,1H3. The van der Waals surface area contributed by atoms with Gasteiger partial charge >= 0.3 is 6.18 Å². The molecule has 0 aliphatic carbocycles. The number of fused-ring (bicyclic) bond motifs is 1. The highest BCUT2D eigenvalue weighted by Gasteiger charge is 2.32. The van der Waals surface area contributed by atoms with E-state index in [-0.39, 0.29) is 5.75 Å². The van der Waals surface area contributed by atoms with E-state index < -0.39 is 11.7 Å². The van der Waals surface area contributed by atoms with E-state index in [9.17, 15) is 13.2 Å². The molecule has 0 radical (unpaired) electrons. The average Bonchev–Trinajstić information content (AvgIpc) is 3.31. The normalized spacial score (nSPS) is 15.0. The number of imidazole rings is 1. The Morgan fingerprint density at radius 2 is 1.88 bits per heavy atom. The molecule has 136 valence electrons. The molecule has 0 N–H and O–H groups in total. The Balaban J connectivity index is 1.85. The summed E-state index contributed by atoms with van der Waals surface area (Å²) >= 11 is 0. The van der Waals surface area contributed by atoms with E-state index in [0.29, 0.717) is 22.9 Å². The molecule has 2 aromatic heterocycles. The van der Waals surface area contributed by atoms with Gasteiger partial charge in [-0.05, 0) is 31.0 Å². The molecular formula is C17H16F3N5O. The van der Waals surface area contributed by atoms with Crippen molar-refractivity contribution < 1.29 is 17.9 Å². The minimum Gasteiger partial charge on any atom is -0.496 e. The molecule has 1 fully saturated rings. The van der Waals surface area contributed by atoms with Gasteiger partial charge in [0.1, 0.15) is 5.75 Å². The van der Waals surface area contributed by atoms with E-state index in [1.807, 2.05) is 0 Å². The lowest BCUT2D eigenvalue weighted by molar-refractivity contribution is -0.137. The fourth-order valence-electron chi connectivity index (χ4n) is 3.20. The molecule has 0 saturated carbocycles. The highest BCUT2D eigenvalue weighted by Crippen LogP contribution is 2.37. The number of alkyl halides is 3. The predicted molar refractivity (Wildman–Crippen MR) is 89.2 cm³/mol. The van der Waals surface area contributed by atoms with E-state index >= 15 is 0 Å². The first kappa shape index (κ1) is 16.6. The lowest BCUT2D eigenvalue weighted by Crippen LogP contribution is -2.21. The van der Waals surface area contributed by atoms with Crippen molar-refractivity contribution in [1.82, 2.24) is 19.6 Å². The Morgan fingerprint density at radius 1 is 1.12 bits per heavy atom. The van der Waals surface area contributed by atoms with Crippen molar-refractivity contribution in [3.8, 4) is 17.1 Å². The number of ether oxygens (including phenoxy) is 1. The summed E-state index contributed by atoms with van der Waals surface area (Å²) in [7, 11) is 1.33. The van der Waals surface area contributed by atoms with Crippen molar-refractivity contribution in [3.05, 3.63) is 36.2 Å². The maximum absolute atomic E-state index is 13.0. The first-order valence-corrected chi connectivity index (χ1v) is 8.19. The summed E-state index contributed by atoms with van der Waals surface area (Å²) in [5, 5.41) is 8.56. The molecule has 0 bridgehead atoms. The molecule has 1 aliphatic rings. The van der Waals surface area contributed by atoms with E-state index in [1.165, 1.54) is 13.2 Å². The first-order chi connectivity index (χ1) is 12.5. The van der Waals surface area contributed by atoms with Gasteiger partial charge in [-0.3, -0.25) is 4.40 Å². The van der Waals surface area contributed by atoms with Gasteiger partial charge in [0.2, 0.25) is 0 Å². The third-order valence-electron chi connectivity index (χ3n) is 4.48. The number of hydrogen-bond acceptors (Lipinski definition) is 5. The molecule has 1 aliphatic heterocycles. The van der Waals surface area contributed by atoms with E-state index in [0.717, 1.165) is 38.1 Å². The van der Waals surface area contributed by atoms with Crippen LogP contribution in [0.4, 0.5) is 19.0 Å². The highest BCUT2D eigenvalue weighted by atomic mass is 19.4. The Labute approximate surface area is 147 Å². The number of aromatic nitrogens is 4. The average molecular weight is 363 g/mol. The van der Waals surface area contributed by atoms with Crippen LogP contribution in [-0.4, -0.2) is 39.8 Å². The van der Waals surface area contributed by atoms with Gasteiger partial charge in [-0.1, -0.05) is 0 Å². The number of rotatable bonds is 3. The maximum Gasteiger partial charge on any atom is 0.416 e. The fraction of sp³-hybridized carbons (Fsp3) is 0.353. The molecule has 9 heteroatoms. The molecule has 3 heterocycles. The van der Waals surface area contributed by atoms with Crippen LogP contribution in [0.3, 0.4) is 0 Å². The Kier molecular flexibility index (Phi) is 3.93. The molecule has 0 spiro atoms. The monoisotopic (exact) mass is 363 g/mol. The van der Waals surface area contributed by atoms with Gasteiger partial charge in [0.05, 0.1) is 18.2 Å². The molecule has 0 atom stereocenters. The smallest absolute Gasteiger partial charge is 0.416 e. The Morgan fingerprint density at radius 3 is 2.58 bits per heavy atom. The largest absolute Gasteiger partial charge is 0.496 e. The van der Waals surface area contributed by atoms with Gasteiger partial charge in [0.15, 0.2) is 17.3 Å². The molecule has 1 aromatic carbocycles. The van der Waals surface area contributed by atoms with Crippen LogP contribution in [0.1, 0.15) is 18.4 Å². The second-order valence-corrected chi connectivity index (χ2v) is 6.08. The van der Waals surface area contributed by atoms with E-state index in [4.69, 9.17) is 4.74 Å². The molecular weight excluding hydrogens is 347 g/mol. The molecule has 0 unspecified atom stereocenters. The molecule has 3 aromatic rings. The summed E-state index contributed by atoms with van der Waals surface area (Å²) in [6, 6.07) is 3.32. The van der Waals surface area contributed by atoms with Gasteiger partial charge in [-0.2, -0.15) is 13.2 Å². The van der Waals surface area contributed by atoms with Crippen molar-refractivity contribution in [2.45, 2.75) is 19.0 Å². The first-order valence-electron chi connectivity index (χ1n) is 8.19. The maximum atomic E-state index is 13.0. The third-order valence-corrected chi connectivity index (χ3v) is 4.48. The van der Waals surface area contributed by atoms with Crippen LogP contribution in [0.5, 0.6) is 5.75 Å². The van der Waals surface area contributed by atoms with Gasteiger partial charge < -0.3 is 9.64 Å². The van der Waals surface area contributed by atoms with Crippen LogP contribution in [-0.2, 0) is 6.18 Å². The summed E-state index contributed by atoms with van der Waals surface area (Å²) in [5.74, 6) is 1.14. The van der Waals surface area contributed by atoms with Crippen LogP contribution in [0, 0.1) is 0 Å². The van der Waals surface area contributed by atoms with Crippen molar-refractivity contribution in [1.29, 1.82) is 0 Å². The van der Waals surface area contributed by atoms with Crippen LogP contribution in [0.15, 0.2) is 30.6 Å². The van der Waals surface area contributed by atoms with Crippen LogP contribution >= 0.6 is 0 Å². The number of anilines is 1. The Bertz CT molecular complexity index is 947. The van der Waals surface area contributed by atoms with Gasteiger partial charge in [0.25, 0.3) is 0 Å². The number of halogens is 3. The fourth-order valence-corrected chi connectivity index (χ4v) is 3.20. The zero-order valence-corrected chi connectivity index (χ0v) is 14.0. The SMILES string of the molecule is COc1cc(C(F)(F)F)ccc1-c1nnc(N2CCCC2)c2nccn12. The van der Waals surface area contributed by atoms with Gasteiger partial charge in [-0.25, -0.2) is 4.98 Å². The molecule has 4 rings (SSSR count). The summed E-state index contributed by atoms with van der Waals surface area (Å²) in [6.07, 6.45) is 1.07. The Hall–Kier alpha value is -2.84. The summed E-state index contributed by atoms with van der Waals surface area (Å²) in [5.41, 5.74) is 0.268. The third kappa shape index (κ3) is 2.73. The van der Waals surface area contributed by atoms with Crippen LogP contribution in [0.2, 0.25) is 0 Å². The van der Waals surface area contributed by atoms with E-state index in [2.05, 4.69) is 20.1 Å². The van der Waals surface area contributed by atoms with Gasteiger partial charge in [0, 0.05) is 25.5 Å². The molecule has 1 saturated heterocycles. The van der Waals surface area contributed by atoms with Crippen molar-refractivity contribution in [3.63, 3.8) is 0 Å². The summed E-state index contributed by atoms with van der Waals surface area (Å²) < 4.78 is 45.8. The second kappa shape index (κ2) is 6.15. The summed E-state index contributed by atoms with van der Waals surface area (Å²) in [6.45, 7) is 1.78. The number of benzene rings is 1. The lowest BCUT2D eigenvalue weighted by atomic mass is 10.1. The predicted octanol–water partition coefficient (Wildman–Crippen LogP) is 3.42. The number of hydrogen-bond donors (Lipinski definition) is 0. The van der Waals surface area contributed by atoms with Crippen LogP contribution < -0.4 is 9.64 Å². The topological polar surface area (TPSA) is 55.6 Å². The highest BCUT2D eigenvalue weighted by molar-refractivity contribution is 5.72. The zero-order chi connectivity index (χ0) is 18.3. The molecule has 0 amide bonds.